The van der Waals surface area contributed by atoms with E-state index in [1.165, 1.54) is 16.8 Å². The SMILES string of the molecule is CCC(OC(=O)OC(C)C)Oc1c2n(cc(C(=O)NCc3ccc(F)cc3F)c1=O)[C@@H]1CN(C2=O)[C@@H](C)CC[C@]12CC(C)=NO2. The lowest BCUT2D eigenvalue weighted by Crippen LogP contribution is -2.52. The van der Waals surface area contributed by atoms with Crippen LogP contribution in [0.1, 0.15) is 92.8 Å². The van der Waals surface area contributed by atoms with Gasteiger partial charge in [0, 0.05) is 49.8 Å². The Labute approximate surface area is 258 Å². The number of pyridine rings is 1. The number of hydrogen-bond donors (Lipinski definition) is 1. The molecule has 3 aliphatic heterocycles. The van der Waals surface area contributed by atoms with Crippen LogP contribution in [0.4, 0.5) is 13.6 Å². The summed E-state index contributed by atoms with van der Waals surface area (Å²) in [6.07, 6.45) is 0.0848. The number of halogens is 2. The molecule has 2 amide bonds. The van der Waals surface area contributed by atoms with Crippen LogP contribution in [0.15, 0.2) is 34.3 Å². The second kappa shape index (κ2) is 12.5. The van der Waals surface area contributed by atoms with Crippen molar-refractivity contribution in [2.45, 2.75) is 96.9 Å². The first-order valence-corrected chi connectivity index (χ1v) is 14.9. The van der Waals surface area contributed by atoms with Gasteiger partial charge < -0.3 is 33.8 Å². The highest BCUT2D eigenvalue weighted by Gasteiger charge is 2.54. The summed E-state index contributed by atoms with van der Waals surface area (Å²) in [6.45, 7) is 8.51. The molecule has 2 aromatic rings. The minimum absolute atomic E-state index is 0.00287. The number of aromatic nitrogens is 1. The normalized spacial score (nSPS) is 22.7. The minimum Gasteiger partial charge on any atom is -0.448 e. The smallest absolute Gasteiger partial charge is 0.448 e. The predicted molar refractivity (Wildman–Crippen MR) is 156 cm³/mol. The van der Waals surface area contributed by atoms with Crippen LogP contribution >= 0.6 is 0 Å². The molecule has 1 aromatic carbocycles. The van der Waals surface area contributed by atoms with E-state index in [0.717, 1.165) is 11.8 Å². The number of nitrogens with zero attached hydrogens (tertiary/aromatic N) is 3. The van der Waals surface area contributed by atoms with E-state index in [4.69, 9.17) is 19.0 Å². The Morgan fingerprint density at radius 2 is 1.98 bits per heavy atom. The van der Waals surface area contributed by atoms with Crippen molar-refractivity contribution in [2.24, 2.45) is 5.16 Å². The molecule has 45 heavy (non-hydrogen) atoms. The van der Waals surface area contributed by atoms with Gasteiger partial charge in [0.15, 0.2) is 11.3 Å². The van der Waals surface area contributed by atoms with E-state index in [9.17, 15) is 28.0 Å². The van der Waals surface area contributed by atoms with Crippen molar-refractivity contribution < 1.29 is 42.2 Å². The number of hydrogen-bond acceptors (Lipinski definition) is 9. The van der Waals surface area contributed by atoms with Gasteiger partial charge in [0.2, 0.25) is 17.5 Å². The van der Waals surface area contributed by atoms with Crippen LogP contribution in [0.25, 0.3) is 0 Å². The van der Waals surface area contributed by atoms with Crippen LogP contribution in [-0.2, 0) is 20.9 Å². The monoisotopic (exact) mass is 630 g/mol. The van der Waals surface area contributed by atoms with Crippen molar-refractivity contribution in [3.05, 3.63) is 63.1 Å². The number of carbonyl (C=O) groups is 3. The summed E-state index contributed by atoms with van der Waals surface area (Å²) in [5.41, 5.74) is -1.58. The molecule has 0 radical (unpaired) electrons. The van der Waals surface area contributed by atoms with Crippen LogP contribution in [0.2, 0.25) is 0 Å². The molecular formula is C31H36F2N4O8. The summed E-state index contributed by atoms with van der Waals surface area (Å²) in [7, 11) is 0. The average molecular weight is 631 g/mol. The van der Waals surface area contributed by atoms with E-state index in [1.807, 2.05) is 13.8 Å². The molecule has 2 bridgehead atoms. The van der Waals surface area contributed by atoms with Crippen LogP contribution < -0.4 is 15.5 Å². The molecule has 4 heterocycles. The summed E-state index contributed by atoms with van der Waals surface area (Å²) >= 11 is 0. The Bertz CT molecular complexity index is 1610. The number of rotatable bonds is 8. The molecular weight excluding hydrogens is 594 g/mol. The first kappa shape index (κ1) is 31.9. The Morgan fingerprint density at radius 3 is 2.62 bits per heavy atom. The van der Waals surface area contributed by atoms with E-state index in [-0.39, 0.29) is 36.8 Å². The van der Waals surface area contributed by atoms with Gasteiger partial charge in [-0.1, -0.05) is 18.1 Å². The highest BCUT2D eigenvalue weighted by Crippen LogP contribution is 2.46. The lowest BCUT2D eigenvalue weighted by Gasteiger charge is -2.42. The third-order valence-corrected chi connectivity index (χ3v) is 8.27. The quantitative estimate of drug-likeness (QED) is 0.334. The molecule has 5 rings (SSSR count). The molecule has 1 aromatic heterocycles. The summed E-state index contributed by atoms with van der Waals surface area (Å²) in [5, 5.41) is 6.71. The van der Waals surface area contributed by atoms with Gasteiger partial charge in [-0.05, 0) is 46.6 Å². The van der Waals surface area contributed by atoms with E-state index < -0.39 is 70.4 Å². The Hall–Kier alpha value is -4.49. The van der Waals surface area contributed by atoms with Crippen molar-refractivity contribution in [1.82, 2.24) is 14.8 Å². The molecule has 12 nitrogen and oxygen atoms in total. The predicted octanol–water partition coefficient (Wildman–Crippen LogP) is 4.45. The van der Waals surface area contributed by atoms with Crippen LogP contribution in [0, 0.1) is 11.6 Å². The van der Waals surface area contributed by atoms with Gasteiger partial charge in [0.05, 0.1) is 17.9 Å². The lowest BCUT2D eigenvalue weighted by molar-refractivity contribution is -0.0755. The third-order valence-electron chi connectivity index (χ3n) is 8.27. The molecule has 1 fully saturated rings. The van der Waals surface area contributed by atoms with Gasteiger partial charge in [0.25, 0.3) is 11.8 Å². The molecule has 1 saturated heterocycles. The number of carbonyl (C=O) groups excluding carboxylic acids is 3. The fraction of sp³-hybridized carbons (Fsp3) is 0.516. The van der Waals surface area contributed by atoms with E-state index in [2.05, 4.69) is 10.5 Å². The lowest BCUT2D eigenvalue weighted by atomic mass is 9.84. The van der Waals surface area contributed by atoms with Crippen molar-refractivity contribution in [2.75, 3.05) is 6.54 Å². The van der Waals surface area contributed by atoms with Crippen LogP contribution in [-0.4, -0.2) is 63.7 Å². The molecule has 1 unspecified atom stereocenters. The van der Waals surface area contributed by atoms with E-state index >= 15 is 0 Å². The standard InChI is InChI=1S/C31H36F2N4O8/c1-6-24(44-30(41)42-16(2)3)43-27-25-29(40)36-15-23(31(10-9-18(36)5)12-17(4)35-45-31)37(25)14-21(26(27)38)28(39)34-13-19-7-8-20(32)11-22(19)33/h7-8,11,14,16,18,23-24H,6,9-10,12-13,15H2,1-5H3,(H,34,39)/t18-,23+,24?,31-/m0/s1. The molecule has 14 heteroatoms. The van der Waals surface area contributed by atoms with Crippen LogP contribution in [0.5, 0.6) is 5.75 Å². The zero-order valence-electron chi connectivity index (χ0n) is 25.7. The highest BCUT2D eigenvalue weighted by molar-refractivity contribution is 5.99. The summed E-state index contributed by atoms with van der Waals surface area (Å²) in [5.74, 6) is -3.52. The van der Waals surface area contributed by atoms with Crippen molar-refractivity contribution in [3.63, 3.8) is 0 Å². The Kier molecular flexibility index (Phi) is 8.86. The maximum absolute atomic E-state index is 14.3. The van der Waals surface area contributed by atoms with E-state index in [1.54, 1.807) is 25.7 Å². The molecule has 3 aliphatic rings. The largest absolute Gasteiger partial charge is 0.511 e. The second-order valence-electron chi connectivity index (χ2n) is 11.9. The molecule has 1 spiro atoms. The van der Waals surface area contributed by atoms with Crippen molar-refractivity contribution >= 4 is 23.7 Å². The van der Waals surface area contributed by atoms with Crippen molar-refractivity contribution in [3.8, 4) is 5.75 Å². The molecule has 242 valence electrons. The fourth-order valence-electron chi connectivity index (χ4n) is 5.97. The van der Waals surface area contributed by atoms with Gasteiger partial charge >= 0.3 is 6.16 Å². The maximum Gasteiger partial charge on any atom is 0.511 e. The first-order valence-electron chi connectivity index (χ1n) is 14.9. The summed E-state index contributed by atoms with van der Waals surface area (Å²) in [4.78, 5) is 61.6. The minimum atomic E-state index is -1.34. The number of oxime groups is 1. The van der Waals surface area contributed by atoms with Crippen molar-refractivity contribution in [1.29, 1.82) is 0 Å². The fourth-order valence-corrected chi connectivity index (χ4v) is 5.97. The maximum atomic E-state index is 14.3. The van der Waals surface area contributed by atoms with Gasteiger partial charge in [-0.15, -0.1) is 0 Å². The molecule has 1 N–H and O–H groups in total. The average Bonchev–Trinajstić information content (AvgIpc) is 3.31. The van der Waals surface area contributed by atoms with Gasteiger partial charge in [0.1, 0.15) is 17.2 Å². The topological polar surface area (TPSA) is 138 Å². The molecule has 0 aliphatic carbocycles. The summed E-state index contributed by atoms with van der Waals surface area (Å²) < 4.78 is 45.5. The zero-order chi connectivity index (χ0) is 32.6. The molecule has 4 atom stereocenters. The van der Waals surface area contributed by atoms with Gasteiger partial charge in [-0.3, -0.25) is 14.4 Å². The second-order valence-corrected chi connectivity index (χ2v) is 11.9. The number of ether oxygens (including phenoxy) is 3. The number of benzene rings is 1. The van der Waals surface area contributed by atoms with Gasteiger partial charge in [-0.2, -0.15) is 0 Å². The first-order chi connectivity index (χ1) is 21.3. The number of amides is 2. The number of nitrogens with one attached hydrogen (secondary N) is 1. The Morgan fingerprint density at radius 1 is 1.22 bits per heavy atom. The highest BCUT2D eigenvalue weighted by atomic mass is 19.1. The van der Waals surface area contributed by atoms with Gasteiger partial charge in [-0.25, -0.2) is 13.6 Å². The van der Waals surface area contributed by atoms with E-state index in [0.29, 0.717) is 25.3 Å². The number of fused-ring (bicyclic) bond motifs is 5. The third kappa shape index (κ3) is 6.22. The summed E-state index contributed by atoms with van der Waals surface area (Å²) in [6, 6.07) is 2.13. The van der Waals surface area contributed by atoms with Crippen LogP contribution in [0.3, 0.4) is 0 Å². The zero-order valence-corrected chi connectivity index (χ0v) is 25.7. The molecule has 0 saturated carbocycles. The Balaban J connectivity index is 1.61.